The lowest BCUT2D eigenvalue weighted by Gasteiger charge is -2.10. The van der Waals surface area contributed by atoms with Gasteiger partial charge in [0, 0.05) is 6.20 Å². The summed E-state index contributed by atoms with van der Waals surface area (Å²) in [4.78, 5) is 4.31. The average Bonchev–Trinajstić information content (AvgIpc) is 2.28. The minimum atomic E-state index is 1.03. The molecular formula is C9H11N2. The molecule has 0 unspecified atom stereocenters. The van der Waals surface area contributed by atoms with Crippen molar-refractivity contribution < 1.29 is 0 Å². The van der Waals surface area contributed by atoms with Crippen LogP contribution >= 0.6 is 0 Å². The fourth-order valence-electron chi connectivity index (χ4n) is 1.32. The molecule has 0 aromatic carbocycles. The quantitative estimate of drug-likeness (QED) is 0.555. The number of nitrogens with one attached hydrogen (secondary N) is 1. The van der Waals surface area contributed by atoms with Crippen LogP contribution in [0.1, 0.15) is 19.3 Å². The Labute approximate surface area is 66.7 Å². The van der Waals surface area contributed by atoms with Crippen LogP contribution in [0.3, 0.4) is 0 Å². The van der Waals surface area contributed by atoms with E-state index < -0.39 is 0 Å². The zero-order chi connectivity index (χ0) is 7.52. The van der Waals surface area contributed by atoms with Gasteiger partial charge in [-0.1, -0.05) is 6.08 Å². The number of fused-ring (bicyclic) bond motifs is 1. The topological polar surface area (TPSA) is 24.4 Å². The molecule has 1 N–H and O–H groups in total. The fourth-order valence-corrected chi connectivity index (χ4v) is 1.32. The Balaban J connectivity index is 2.25. The predicted molar refractivity (Wildman–Crippen MR) is 45.9 cm³/mol. The summed E-state index contributed by atoms with van der Waals surface area (Å²) in [6.45, 7) is 1.99. The second-order valence-electron chi connectivity index (χ2n) is 2.75. The number of hydrogen-bond donors (Lipinski definition) is 1. The van der Waals surface area contributed by atoms with Crippen molar-refractivity contribution in [2.75, 3.05) is 0 Å². The maximum absolute atomic E-state index is 4.31. The Kier molecular flexibility index (Phi) is 1.76. The van der Waals surface area contributed by atoms with Crippen molar-refractivity contribution in [1.29, 1.82) is 0 Å². The lowest BCUT2D eigenvalue weighted by atomic mass is 10.1. The summed E-state index contributed by atoms with van der Waals surface area (Å²) in [6, 6.07) is 0. The first-order valence-corrected chi connectivity index (χ1v) is 3.99. The monoisotopic (exact) mass is 147 g/mol. The van der Waals surface area contributed by atoms with E-state index in [1.165, 1.54) is 12.0 Å². The largest absolute Gasteiger partial charge is 0.347 e. The lowest BCUT2D eigenvalue weighted by Crippen LogP contribution is -2.21. The molecule has 0 fully saturated rings. The van der Waals surface area contributed by atoms with Crippen molar-refractivity contribution in [3.05, 3.63) is 30.5 Å². The first-order valence-electron chi connectivity index (χ1n) is 3.99. The normalized spacial score (nSPS) is 22.5. The molecule has 2 heteroatoms. The molecule has 0 bridgehead atoms. The van der Waals surface area contributed by atoms with Crippen LogP contribution < -0.4 is 5.32 Å². The van der Waals surface area contributed by atoms with Gasteiger partial charge in [0.25, 0.3) is 0 Å². The van der Waals surface area contributed by atoms with Gasteiger partial charge in [-0.3, -0.25) is 4.99 Å². The Bertz CT molecular complexity index is 236. The zero-order valence-electron chi connectivity index (χ0n) is 6.38. The Morgan fingerprint density at radius 2 is 2.45 bits per heavy atom. The van der Waals surface area contributed by atoms with Crippen LogP contribution in [0, 0.1) is 6.54 Å². The molecular weight excluding hydrogens is 136 g/mol. The highest BCUT2D eigenvalue weighted by atomic mass is 15.0. The second-order valence-corrected chi connectivity index (χ2v) is 2.75. The molecule has 0 atom stereocenters. The van der Waals surface area contributed by atoms with Gasteiger partial charge in [0.1, 0.15) is 5.84 Å². The van der Waals surface area contributed by atoms with Crippen molar-refractivity contribution >= 4 is 5.84 Å². The molecule has 2 aliphatic heterocycles. The van der Waals surface area contributed by atoms with Crippen LogP contribution in [0.25, 0.3) is 0 Å². The molecule has 0 aromatic rings. The number of nitrogens with zero attached hydrogens (tertiary/aromatic N) is 1. The molecule has 2 nitrogen and oxygen atoms in total. The van der Waals surface area contributed by atoms with Gasteiger partial charge >= 0.3 is 0 Å². The van der Waals surface area contributed by atoms with Crippen molar-refractivity contribution in [2.45, 2.75) is 19.3 Å². The summed E-state index contributed by atoms with van der Waals surface area (Å²) < 4.78 is 0. The first-order chi connectivity index (χ1) is 5.47. The number of dihydropyridines is 1. The molecule has 11 heavy (non-hydrogen) atoms. The van der Waals surface area contributed by atoms with E-state index in [1.807, 2.05) is 18.8 Å². The van der Waals surface area contributed by atoms with Crippen LogP contribution in [0.5, 0.6) is 0 Å². The van der Waals surface area contributed by atoms with Crippen LogP contribution in [-0.2, 0) is 0 Å². The van der Waals surface area contributed by atoms with Crippen molar-refractivity contribution in [2.24, 2.45) is 4.99 Å². The SMILES string of the molecule is [CH]1CCCC2=CC=CNC2=N1. The van der Waals surface area contributed by atoms with E-state index >= 15 is 0 Å². The zero-order valence-corrected chi connectivity index (χ0v) is 6.38. The van der Waals surface area contributed by atoms with Gasteiger partial charge in [0.15, 0.2) is 0 Å². The molecule has 2 heterocycles. The molecule has 2 aliphatic rings. The summed E-state index contributed by atoms with van der Waals surface area (Å²) in [5.41, 5.74) is 1.33. The third-order valence-corrected chi connectivity index (χ3v) is 1.92. The Morgan fingerprint density at radius 1 is 1.45 bits per heavy atom. The summed E-state index contributed by atoms with van der Waals surface area (Å²) in [5, 5.41) is 3.13. The van der Waals surface area contributed by atoms with E-state index in [2.05, 4.69) is 16.4 Å². The number of amidine groups is 1. The second kappa shape index (κ2) is 2.91. The highest BCUT2D eigenvalue weighted by molar-refractivity contribution is 6.00. The van der Waals surface area contributed by atoms with E-state index in [0.717, 1.165) is 18.7 Å². The van der Waals surface area contributed by atoms with Crippen LogP contribution in [0.4, 0.5) is 0 Å². The average molecular weight is 147 g/mol. The van der Waals surface area contributed by atoms with E-state index in [1.54, 1.807) is 0 Å². The molecule has 2 rings (SSSR count). The van der Waals surface area contributed by atoms with Gasteiger partial charge in [-0.2, -0.15) is 0 Å². The number of hydrogen-bond acceptors (Lipinski definition) is 2. The van der Waals surface area contributed by atoms with Gasteiger partial charge in [-0.25, -0.2) is 0 Å². The Hall–Kier alpha value is -1.05. The molecule has 0 spiro atoms. The highest BCUT2D eigenvalue weighted by Crippen LogP contribution is 2.16. The molecule has 0 amide bonds. The van der Waals surface area contributed by atoms with Gasteiger partial charge in [-0.15, -0.1) is 0 Å². The minimum absolute atomic E-state index is 1.03. The molecule has 0 saturated carbocycles. The standard InChI is InChI=1S/C9H11N2/c1-2-6-10-9-8(4-1)5-3-7-11-9/h3,5-7H,1-2,4H2,(H,10,11). The number of aliphatic imine (C=N–C) groups is 1. The number of rotatable bonds is 0. The summed E-state index contributed by atoms with van der Waals surface area (Å²) in [7, 11) is 0. The summed E-state index contributed by atoms with van der Waals surface area (Å²) in [6.07, 6.45) is 9.54. The fraction of sp³-hybridized carbons (Fsp3) is 0.333. The third-order valence-electron chi connectivity index (χ3n) is 1.92. The van der Waals surface area contributed by atoms with E-state index in [4.69, 9.17) is 0 Å². The van der Waals surface area contributed by atoms with Crippen LogP contribution in [0.15, 0.2) is 28.9 Å². The maximum atomic E-state index is 4.31. The number of allylic oxidation sites excluding steroid dienone is 2. The van der Waals surface area contributed by atoms with Crippen LogP contribution in [-0.4, -0.2) is 5.84 Å². The third kappa shape index (κ3) is 1.34. The highest BCUT2D eigenvalue weighted by Gasteiger charge is 2.10. The lowest BCUT2D eigenvalue weighted by molar-refractivity contribution is 0.824. The predicted octanol–water partition coefficient (Wildman–Crippen LogP) is 1.77. The van der Waals surface area contributed by atoms with E-state index in [-0.39, 0.29) is 0 Å². The van der Waals surface area contributed by atoms with Gasteiger partial charge in [0.2, 0.25) is 0 Å². The van der Waals surface area contributed by atoms with Crippen LogP contribution in [0.2, 0.25) is 0 Å². The minimum Gasteiger partial charge on any atom is -0.347 e. The Morgan fingerprint density at radius 3 is 3.45 bits per heavy atom. The molecule has 0 aliphatic carbocycles. The van der Waals surface area contributed by atoms with Crippen molar-refractivity contribution in [3.8, 4) is 0 Å². The van der Waals surface area contributed by atoms with Crippen molar-refractivity contribution in [3.63, 3.8) is 0 Å². The van der Waals surface area contributed by atoms with Gasteiger partial charge in [-0.05, 0) is 30.9 Å². The first kappa shape index (κ1) is 6.65. The van der Waals surface area contributed by atoms with E-state index in [0.29, 0.717) is 0 Å². The van der Waals surface area contributed by atoms with E-state index in [9.17, 15) is 0 Å². The van der Waals surface area contributed by atoms with Gasteiger partial charge < -0.3 is 5.32 Å². The smallest absolute Gasteiger partial charge is 0.128 e. The molecule has 1 radical (unpaired) electrons. The van der Waals surface area contributed by atoms with Crippen molar-refractivity contribution in [1.82, 2.24) is 5.32 Å². The maximum Gasteiger partial charge on any atom is 0.128 e. The van der Waals surface area contributed by atoms with Gasteiger partial charge in [0.05, 0.1) is 6.54 Å². The molecule has 0 aromatic heterocycles. The summed E-state index contributed by atoms with van der Waals surface area (Å²) >= 11 is 0. The molecule has 57 valence electrons. The summed E-state index contributed by atoms with van der Waals surface area (Å²) in [5.74, 6) is 1.03. The molecule has 0 saturated heterocycles.